The van der Waals surface area contributed by atoms with E-state index >= 15 is 0 Å². The Labute approximate surface area is 117 Å². The van der Waals surface area contributed by atoms with E-state index in [1.165, 1.54) is 24.3 Å². The van der Waals surface area contributed by atoms with Gasteiger partial charge in [0.2, 0.25) is 0 Å². The van der Waals surface area contributed by atoms with Crippen molar-refractivity contribution in [3.05, 3.63) is 52.1 Å². The third kappa shape index (κ3) is 3.01. The number of hydrogen-bond acceptors (Lipinski definition) is 6. The van der Waals surface area contributed by atoms with Crippen LogP contribution in [0, 0.1) is 10.1 Å². The van der Waals surface area contributed by atoms with Crippen LogP contribution < -0.4 is 16.6 Å². The van der Waals surface area contributed by atoms with E-state index in [4.69, 9.17) is 5.84 Å². The van der Waals surface area contributed by atoms with Gasteiger partial charge in [0.15, 0.2) is 5.69 Å². The average Bonchev–Trinajstić information content (AvgIpc) is 2.96. The molecule has 10 nitrogen and oxygen atoms in total. The molecular weight excluding hydrogens is 280 g/mol. The van der Waals surface area contributed by atoms with Crippen LogP contribution in [0.15, 0.2) is 30.6 Å². The smallest absolute Gasteiger partial charge is 0.286 e. The quantitative estimate of drug-likeness (QED) is 0.272. The van der Waals surface area contributed by atoms with Crippen LogP contribution in [0.25, 0.3) is 0 Å². The summed E-state index contributed by atoms with van der Waals surface area (Å²) in [4.78, 5) is 39.7. The number of hydrazine groups is 1. The van der Waals surface area contributed by atoms with Gasteiger partial charge in [-0.1, -0.05) is 6.07 Å². The van der Waals surface area contributed by atoms with Crippen LogP contribution >= 0.6 is 0 Å². The molecule has 0 aliphatic carbocycles. The second kappa shape index (κ2) is 5.79. The number of aromatic amines is 1. The van der Waals surface area contributed by atoms with Crippen molar-refractivity contribution in [3.8, 4) is 0 Å². The van der Waals surface area contributed by atoms with E-state index in [1.54, 1.807) is 0 Å². The Morgan fingerprint density at radius 2 is 2.10 bits per heavy atom. The first-order valence-corrected chi connectivity index (χ1v) is 5.63. The fraction of sp³-hybridized carbons (Fsp3) is 0. The maximum atomic E-state index is 12.0. The average molecular weight is 290 g/mol. The van der Waals surface area contributed by atoms with Gasteiger partial charge in [-0.2, -0.15) is 0 Å². The number of benzene rings is 1. The van der Waals surface area contributed by atoms with E-state index in [-0.39, 0.29) is 22.8 Å². The molecule has 0 saturated heterocycles. The number of nitro groups is 1. The van der Waals surface area contributed by atoms with Crippen molar-refractivity contribution in [3.63, 3.8) is 0 Å². The number of anilines is 1. The Hall–Kier alpha value is -3.27. The van der Waals surface area contributed by atoms with Crippen molar-refractivity contribution in [1.29, 1.82) is 0 Å². The minimum atomic E-state index is -0.736. The zero-order chi connectivity index (χ0) is 15.4. The van der Waals surface area contributed by atoms with E-state index in [1.807, 2.05) is 5.43 Å². The normalized spacial score (nSPS) is 9.95. The predicted molar refractivity (Wildman–Crippen MR) is 71.3 cm³/mol. The highest BCUT2D eigenvalue weighted by molar-refractivity contribution is 6.10. The maximum Gasteiger partial charge on any atom is 0.286 e. The summed E-state index contributed by atoms with van der Waals surface area (Å²) < 4.78 is 0. The van der Waals surface area contributed by atoms with E-state index in [0.29, 0.717) is 0 Å². The summed E-state index contributed by atoms with van der Waals surface area (Å²) in [6.07, 6.45) is 1.16. The topological polar surface area (TPSA) is 156 Å². The first kappa shape index (κ1) is 14.1. The molecule has 0 bridgehead atoms. The first-order valence-electron chi connectivity index (χ1n) is 5.63. The van der Waals surface area contributed by atoms with Crippen molar-refractivity contribution in [2.75, 3.05) is 5.32 Å². The molecule has 0 saturated carbocycles. The third-order valence-corrected chi connectivity index (χ3v) is 2.53. The van der Waals surface area contributed by atoms with Crippen molar-refractivity contribution in [2.45, 2.75) is 0 Å². The summed E-state index contributed by atoms with van der Waals surface area (Å²) in [5.41, 5.74) is 1.61. The van der Waals surface area contributed by atoms with Crippen LogP contribution in [0.5, 0.6) is 0 Å². The Morgan fingerprint density at radius 3 is 2.76 bits per heavy atom. The van der Waals surface area contributed by atoms with Crippen LogP contribution in [-0.2, 0) is 0 Å². The van der Waals surface area contributed by atoms with E-state index < -0.39 is 16.7 Å². The number of nitrogens with two attached hydrogens (primary N) is 1. The zero-order valence-corrected chi connectivity index (χ0v) is 10.5. The molecule has 10 heteroatoms. The molecule has 0 aliphatic heterocycles. The minimum absolute atomic E-state index is 0.107. The van der Waals surface area contributed by atoms with Gasteiger partial charge >= 0.3 is 0 Å². The number of nitrogens with zero attached hydrogens (tertiary/aromatic N) is 2. The number of carbonyl (C=O) groups is 2. The molecule has 1 heterocycles. The van der Waals surface area contributed by atoms with Crippen LogP contribution in [0.4, 0.5) is 11.4 Å². The fourth-order valence-electron chi connectivity index (χ4n) is 1.60. The Balaban J connectivity index is 2.23. The van der Waals surface area contributed by atoms with Gasteiger partial charge in [-0.15, -0.1) is 0 Å². The summed E-state index contributed by atoms with van der Waals surface area (Å²) >= 11 is 0. The number of nitro benzene ring substituents is 1. The molecule has 0 atom stereocenters. The van der Waals surface area contributed by atoms with E-state index in [2.05, 4.69) is 15.3 Å². The van der Waals surface area contributed by atoms with Gasteiger partial charge in [-0.25, -0.2) is 10.8 Å². The number of rotatable bonds is 4. The largest absolute Gasteiger partial charge is 0.340 e. The number of amides is 2. The number of imidazole rings is 1. The second-order valence-electron chi connectivity index (χ2n) is 3.86. The van der Waals surface area contributed by atoms with Crippen molar-refractivity contribution >= 4 is 23.2 Å². The molecule has 2 aromatic rings. The highest BCUT2D eigenvalue weighted by Crippen LogP contribution is 2.18. The number of H-pyrrole nitrogens is 1. The molecule has 0 unspecified atom stereocenters. The van der Waals surface area contributed by atoms with E-state index in [9.17, 15) is 19.7 Å². The van der Waals surface area contributed by atoms with Gasteiger partial charge in [0, 0.05) is 17.8 Å². The standard InChI is InChI=1S/C11H10N6O4/c12-16-11(19)9-8(13-5-14-9)10(18)15-6-2-1-3-7(4-6)17(20)21/h1-5H,12H2,(H,13,14)(H,15,18)(H,16,19). The lowest BCUT2D eigenvalue weighted by molar-refractivity contribution is -0.384. The second-order valence-corrected chi connectivity index (χ2v) is 3.86. The van der Waals surface area contributed by atoms with Crippen LogP contribution in [0.2, 0.25) is 0 Å². The molecule has 5 N–H and O–H groups in total. The lowest BCUT2D eigenvalue weighted by Crippen LogP contribution is -2.32. The molecule has 2 amide bonds. The number of non-ortho nitro benzene ring substituents is 1. The van der Waals surface area contributed by atoms with Gasteiger partial charge in [-0.05, 0) is 6.07 Å². The van der Waals surface area contributed by atoms with Gasteiger partial charge in [0.25, 0.3) is 17.5 Å². The zero-order valence-electron chi connectivity index (χ0n) is 10.5. The summed E-state index contributed by atoms with van der Waals surface area (Å²) in [6, 6.07) is 5.38. The number of nitrogen functional groups attached to an aromatic ring is 1. The van der Waals surface area contributed by atoms with Gasteiger partial charge in [-0.3, -0.25) is 25.1 Å². The Kier molecular flexibility index (Phi) is 3.90. The molecule has 1 aromatic carbocycles. The van der Waals surface area contributed by atoms with Crippen LogP contribution in [0.3, 0.4) is 0 Å². The number of aromatic nitrogens is 2. The molecule has 21 heavy (non-hydrogen) atoms. The lowest BCUT2D eigenvalue weighted by atomic mass is 10.2. The van der Waals surface area contributed by atoms with Crippen molar-refractivity contribution < 1.29 is 14.5 Å². The van der Waals surface area contributed by atoms with Crippen LogP contribution in [0.1, 0.15) is 21.0 Å². The SMILES string of the molecule is NNC(=O)c1nc[nH]c1C(=O)Nc1cccc([N+](=O)[O-])c1. The Morgan fingerprint density at radius 1 is 1.33 bits per heavy atom. The predicted octanol–water partition coefficient (Wildman–Crippen LogP) is 0.174. The first-order chi connectivity index (χ1) is 10.0. The third-order valence-electron chi connectivity index (χ3n) is 2.53. The van der Waals surface area contributed by atoms with Crippen molar-refractivity contribution in [2.24, 2.45) is 5.84 Å². The lowest BCUT2D eigenvalue weighted by Gasteiger charge is -2.05. The summed E-state index contributed by atoms with van der Waals surface area (Å²) in [6.45, 7) is 0. The summed E-state index contributed by atoms with van der Waals surface area (Å²) in [5, 5.41) is 13.1. The maximum absolute atomic E-state index is 12.0. The van der Waals surface area contributed by atoms with Gasteiger partial charge in [0.05, 0.1) is 11.3 Å². The minimum Gasteiger partial charge on any atom is -0.340 e. The highest BCUT2D eigenvalue weighted by atomic mass is 16.6. The van der Waals surface area contributed by atoms with Crippen LogP contribution in [-0.4, -0.2) is 26.7 Å². The van der Waals surface area contributed by atoms with E-state index in [0.717, 1.165) is 6.33 Å². The number of hydrogen-bond donors (Lipinski definition) is 4. The molecule has 2 rings (SSSR count). The number of carbonyl (C=O) groups excluding carboxylic acids is 2. The highest BCUT2D eigenvalue weighted by Gasteiger charge is 2.20. The molecule has 0 fully saturated rings. The molecule has 0 spiro atoms. The van der Waals surface area contributed by atoms with Gasteiger partial charge in [0.1, 0.15) is 5.69 Å². The summed E-state index contributed by atoms with van der Waals surface area (Å²) in [5.74, 6) is 3.57. The van der Waals surface area contributed by atoms with Gasteiger partial charge < -0.3 is 10.3 Å². The Bertz CT molecular complexity index is 710. The molecule has 0 aliphatic rings. The van der Waals surface area contributed by atoms with Crippen molar-refractivity contribution in [1.82, 2.24) is 15.4 Å². The monoisotopic (exact) mass is 290 g/mol. The molecule has 1 aromatic heterocycles. The number of nitrogens with one attached hydrogen (secondary N) is 3. The molecule has 0 radical (unpaired) electrons. The molecular formula is C11H10N6O4. The summed E-state index contributed by atoms with van der Waals surface area (Å²) in [7, 11) is 0. The fourth-order valence-corrected chi connectivity index (χ4v) is 1.60. The molecule has 108 valence electrons.